The summed E-state index contributed by atoms with van der Waals surface area (Å²) in [5.74, 6) is 0.735. The van der Waals surface area contributed by atoms with Crippen molar-refractivity contribution in [3.05, 3.63) is 42.0 Å². The lowest BCUT2D eigenvalue weighted by Crippen LogP contribution is -2.43. The van der Waals surface area contributed by atoms with Gasteiger partial charge in [0.1, 0.15) is 11.9 Å². The zero-order valence-corrected chi connectivity index (χ0v) is 14.9. The van der Waals surface area contributed by atoms with E-state index in [-0.39, 0.29) is 12.1 Å². The molecule has 0 spiro atoms. The molecule has 2 aliphatic heterocycles. The number of esters is 1. The Labute approximate surface area is 148 Å². The molecule has 3 atom stereocenters. The van der Waals surface area contributed by atoms with Crippen molar-refractivity contribution in [2.24, 2.45) is 0 Å². The van der Waals surface area contributed by atoms with Crippen molar-refractivity contribution < 1.29 is 14.3 Å². The van der Waals surface area contributed by atoms with Gasteiger partial charge in [0, 0.05) is 12.1 Å². The highest BCUT2D eigenvalue weighted by molar-refractivity contribution is 5.85. The molecule has 4 heteroatoms. The van der Waals surface area contributed by atoms with Crippen LogP contribution in [-0.2, 0) is 16.0 Å². The van der Waals surface area contributed by atoms with Gasteiger partial charge in [-0.15, -0.1) is 0 Å². The van der Waals surface area contributed by atoms with E-state index in [2.05, 4.69) is 18.0 Å². The van der Waals surface area contributed by atoms with E-state index in [4.69, 9.17) is 9.47 Å². The molecule has 0 amide bonds. The Kier molecular flexibility index (Phi) is 4.38. The van der Waals surface area contributed by atoms with Gasteiger partial charge in [0.15, 0.2) is 0 Å². The van der Waals surface area contributed by atoms with Crippen LogP contribution in [0.25, 0.3) is 10.8 Å². The second-order valence-corrected chi connectivity index (χ2v) is 7.36. The quantitative estimate of drug-likeness (QED) is 0.799. The van der Waals surface area contributed by atoms with Crippen LogP contribution in [-0.4, -0.2) is 43.2 Å². The molecule has 2 bridgehead atoms. The molecule has 2 aliphatic rings. The molecule has 25 heavy (non-hydrogen) atoms. The van der Waals surface area contributed by atoms with Gasteiger partial charge in [0.25, 0.3) is 0 Å². The molecule has 2 heterocycles. The first kappa shape index (κ1) is 16.4. The maximum absolute atomic E-state index is 12.4. The first-order chi connectivity index (χ1) is 12.1. The second kappa shape index (κ2) is 6.68. The average Bonchev–Trinajstić information content (AvgIpc) is 2.82. The van der Waals surface area contributed by atoms with Gasteiger partial charge in [0.05, 0.1) is 13.5 Å². The van der Waals surface area contributed by atoms with Crippen LogP contribution in [0.4, 0.5) is 0 Å². The second-order valence-electron chi connectivity index (χ2n) is 7.36. The number of nitrogens with zero attached hydrogens (tertiary/aromatic N) is 1. The Morgan fingerprint density at radius 3 is 2.48 bits per heavy atom. The van der Waals surface area contributed by atoms with E-state index in [0.29, 0.717) is 18.5 Å². The molecule has 2 aromatic carbocycles. The van der Waals surface area contributed by atoms with Crippen LogP contribution in [0.3, 0.4) is 0 Å². The first-order valence-electron chi connectivity index (χ1n) is 9.10. The number of ether oxygens (including phenoxy) is 2. The highest BCUT2D eigenvalue weighted by Crippen LogP contribution is 2.35. The van der Waals surface area contributed by atoms with E-state index in [9.17, 15) is 4.79 Å². The molecule has 2 fully saturated rings. The summed E-state index contributed by atoms with van der Waals surface area (Å²) in [5.41, 5.74) is 0.999. The normalized spacial score (nSPS) is 25.9. The van der Waals surface area contributed by atoms with E-state index >= 15 is 0 Å². The van der Waals surface area contributed by atoms with Gasteiger partial charge >= 0.3 is 5.97 Å². The van der Waals surface area contributed by atoms with Crippen LogP contribution in [0, 0.1) is 0 Å². The van der Waals surface area contributed by atoms with Crippen molar-refractivity contribution in [1.29, 1.82) is 0 Å². The monoisotopic (exact) mass is 339 g/mol. The van der Waals surface area contributed by atoms with Crippen LogP contribution < -0.4 is 4.74 Å². The Hall–Kier alpha value is -2.07. The molecular weight excluding hydrogens is 314 g/mol. The zero-order chi connectivity index (χ0) is 17.4. The molecule has 0 radical (unpaired) electrons. The fourth-order valence-corrected chi connectivity index (χ4v) is 4.36. The summed E-state index contributed by atoms with van der Waals surface area (Å²) in [4.78, 5) is 14.8. The standard InChI is InChI=1S/C21H25NO3/c1-22-17-6-7-18(22)13-20(12-17)25-21(23)10-14-3-4-16-11-19(24-2)8-5-15(16)9-14/h3-5,8-9,11,17-18,20H,6-7,10,12-13H2,1-2H3/t17-,18+,20?. The highest BCUT2D eigenvalue weighted by atomic mass is 16.5. The fraction of sp³-hybridized carbons (Fsp3) is 0.476. The Morgan fingerprint density at radius 2 is 1.76 bits per heavy atom. The number of hydrogen-bond donors (Lipinski definition) is 0. The fourth-order valence-electron chi connectivity index (χ4n) is 4.36. The molecule has 2 saturated heterocycles. The third-order valence-electron chi connectivity index (χ3n) is 5.81. The molecule has 4 rings (SSSR count). The third kappa shape index (κ3) is 3.36. The van der Waals surface area contributed by atoms with Crippen LogP contribution >= 0.6 is 0 Å². The van der Waals surface area contributed by atoms with Crippen molar-refractivity contribution in [2.75, 3.05) is 14.2 Å². The summed E-state index contributed by atoms with van der Waals surface area (Å²) in [6.45, 7) is 0. The minimum atomic E-state index is -0.109. The van der Waals surface area contributed by atoms with E-state index in [1.807, 2.05) is 30.3 Å². The lowest BCUT2D eigenvalue weighted by molar-refractivity contribution is -0.151. The summed E-state index contributed by atoms with van der Waals surface area (Å²) in [6.07, 6.45) is 4.87. The smallest absolute Gasteiger partial charge is 0.310 e. The number of carbonyl (C=O) groups excluding carboxylic acids is 1. The maximum Gasteiger partial charge on any atom is 0.310 e. The van der Waals surface area contributed by atoms with Gasteiger partial charge in [-0.3, -0.25) is 4.79 Å². The van der Waals surface area contributed by atoms with Crippen molar-refractivity contribution in [3.63, 3.8) is 0 Å². The van der Waals surface area contributed by atoms with Crippen molar-refractivity contribution >= 4 is 16.7 Å². The average molecular weight is 339 g/mol. The Morgan fingerprint density at radius 1 is 1.08 bits per heavy atom. The lowest BCUT2D eigenvalue weighted by Gasteiger charge is -2.35. The first-order valence-corrected chi connectivity index (χ1v) is 9.10. The van der Waals surface area contributed by atoms with Crippen LogP contribution in [0.15, 0.2) is 36.4 Å². The van der Waals surface area contributed by atoms with E-state index in [1.165, 1.54) is 12.8 Å². The molecular formula is C21H25NO3. The molecule has 2 aromatic rings. The Balaban J connectivity index is 1.40. The summed E-state index contributed by atoms with van der Waals surface area (Å²) < 4.78 is 11.0. The van der Waals surface area contributed by atoms with Gasteiger partial charge in [-0.25, -0.2) is 0 Å². The maximum atomic E-state index is 12.4. The summed E-state index contributed by atoms with van der Waals surface area (Å²) in [7, 11) is 3.87. The lowest BCUT2D eigenvalue weighted by atomic mass is 10.0. The van der Waals surface area contributed by atoms with E-state index < -0.39 is 0 Å². The van der Waals surface area contributed by atoms with Crippen LogP contribution in [0.5, 0.6) is 5.75 Å². The van der Waals surface area contributed by atoms with Gasteiger partial charge < -0.3 is 14.4 Å². The number of carbonyl (C=O) groups is 1. The van der Waals surface area contributed by atoms with Crippen molar-refractivity contribution in [2.45, 2.75) is 50.3 Å². The predicted octanol–water partition coefficient (Wildman–Crippen LogP) is 3.56. The molecule has 1 unspecified atom stereocenters. The summed E-state index contributed by atoms with van der Waals surface area (Å²) in [6, 6.07) is 13.3. The van der Waals surface area contributed by atoms with Crippen molar-refractivity contribution in [3.8, 4) is 5.75 Å². The minimum absolute atomic E-state index is 0.0888. The number of fused-ring (bicyclic) bond motifs is 3. The predicted molar refractivity (Wildman–Crippen MR) is 97.9 cm³/mol. The number of benzene rings is 2. The van der Waals surface area contributed by atoms with Gasteiger partial charge in [-0.2, -0.15) is 0 Å². The molecule has 132 valence electrons. The number of rotatable bonds is 4. The molecule has 0 saturated carbocycles. The van der Waals surface area contributed by atoms with Gasteiger partial charge in [-0.05, 0) is 61.2 Å². The van der Waals surface area contributed by atoms with Crippen LogP contribution in [0.1, 0.15) is 31.2 Å². The highest BCUT2D eigenvalue weighted by Gasteiger charge is 2.39. The minimum Gasteiger partial charge on any atom is -0.497 e. The van der Waals surface area contributed by atoms with E-state index in [1.54, 1.807) is 7.11 Å². The van der Waals surface area contributed by atoms with Crippen LogP contribution in [0.2, 0.25) is 0 Å². The molecule has 4 nitrogen and oxygen atoms in total. The SMILES string of the molecule is COc1ccc2cc(CC(=O)OC3C[C@H]4CC[C@@H](C3)N4C)ccc2c1. The molecule has 0 aliphatic carbocycles. The molecule has 0 aromatic heterocycles. The number of hydrogen-bond acceptors (Lipinski definition) is 4. The summed E-state index contributed by atoms with van der Waals surface area (Å²) in [5, 5.41) is 2.23. The third-order valence-corrected chi connectivity index (χ3v) is 5.81. The number of piperidine rings is 1. The summed E-state index contributed by atoms with van der Waals surface area (Å²) >= 11 is 0. The number of methoxy groups -OCH3 is 1. The Bertz CT molecular complexity index is 774. The van der Waals surface area contributed by atoms with Gasteiger partial charge in [-0.1, -0.05) is 24.3 Å². The van der Waals surface area contributed by atoms with Gasteiger partial charge in [0.2, 0.25) is 0 Å². The largest absolute Gasteiger partial charge is 0.497 e. The van der Waals surface area contributed by atoms with Crippen molar-refractivity contribution in [1.82, 2.24) is 4.90 Å². The molecule has 0 N–H and O–H groups in total. The van der Waals surface area contributed by atoms with E-state index in [0.717, 1.165) is 34.9 Å². The topological polar surface area (TPSA) is 38.8 Å². The zero-order valence-electron chi connectivity index (χ0n) is 14.9.